The van der Waals surface area contributed by atoms with Crippen LogP contribution in [0.2, 0.25) is 0 Å². The Labute approximate surface area is 127 Å². The summed E-state index contributed by atoms with van der Waals surface area (Å²) in [6, 6.07) is 5.84. The van der Waals surface area contributed by atoms with Crippen molar-refractivity contribution in [3.05, 3.63) is 34.4 Å². The Kier molecular flexibility index (Phi) is 5.06. The molecule has 0 unspecified atom stereocenters. The van der Waals surface area contributed by atoms with Crippen molar-refractivity contribution in [2.24, 2.45) is 0 Å². The summed E-state index contributed by atoms with van der Waals surface area (Å²) in [7, 11) is 1.64. The fourth-order valence-electron chi connectivity index (χ4n) is 2.28. The number of allylic oxidation sites excluding steroid dienone is 1. The van der Waals surface area contributed by atoms with Gasteiger partial charge in [0, 0.05) is 22.8 Å². The topological polar surface area (TPSA) is 38.8 Å². The first-order chi connectivity index (χ1) is 9.65. The van der Waals surface area contributed by atoms with E-state index in [1.807, 2.05) is 25.1 Å². The molecule has 108 valence electrons. The third kappa shape index (κ3) is 3.33. The van der Waals surface area contributed by atoms with Crippen LogP contribution in [0.3, 0.4) is 0 Å². The quantitative estimate of drug-likeness (QED) is 0.621. The molecule has 0 radical (unpaired) electrons. The first kappa shape index (κ1) is 14.9. The van der Waals surface area contributed by atoms with Crippen LogP contribution in [-0.2, 0) is 9.53 Å². The van der Waals surface area contributed by atoms with E-state index in [2.05, 4.69) is 20.8 Å². The monoisotopic (exact) mass is 339 g/mol. The molecule has 0 aromatic heterocycles. The van der Waals surface area contributed by atoms with E-state index < -0.39 is 0 Å². The minimum atomic E-state index is -0.279. The normalized spacial score (nSPS) is 16.6. The van der Waals surface area contributed by atoms with Crippen LogP contribution in [0.25, 0.3) is 0 Å². The number of ether oxygens (including phenoxy) is 2. The van der Waals surface area contributed by atoms with Crippen LogP contribution in [0, 0.1) is 0 Å². The van der Waals surface area contributed by atoms with Gasteiger partial charge in [0.25, 0.3) is 0 Å². The summed E-state index contributed by atoms with van der Waals surface area (Å²) in [5, 5.41) is 0. The van der Waals surface area contributed by atoms with Crippen LogP contribution in [-0.4, -0.2) is 26.2 Å². The predicted molar refractivity (Wildman–Crippen MR) is 82.0 cm³/mol. The van der Waals surface area contributed by atoms with Crippen molar-refractivity contribution in [1.29, 1.82) is 0 Å². The second-order valence-electron chi connectivity index (χ2n) is 4.46. The minimum absolute atomic E-state index is 0.279. The highest BCUT2D eigenvalue weighted by Gasteiger charge is 2.21. The second kappa shape index (κ2) is 6.79. The number of hydrogen-bond donors (Lipinski definition) is 0. The molecule has 0 amide bonds. The number of hydrogen-bond acceptors (Lipinski definition) is 4. The van der Waals surface area contributed by atoms with Crippen LogP contribution in [0.1, 0.15) is 19.8 Å². The van der Waals surface area contributed by atoms with Gasteiger partial charge in [-0.15, -0.1) is 0 Å². The third-order valence-electron chi connectivity index (χ3n) is 3.18. The van der Waals surface area contributed by atoms with E-state index in [1.54, 1.807) is 13.2 Å². The maximum Gasteiger partial charge on any atom is 0.332 e. The van der Waals surface area contributed by atoms with E-state index >= 15 is 0 Å². The first-order valence-corrected chi connectivity index (χ1v) is 7.43. The van der Waals surface area contributed by atoms with E-state index in [9.17, 15) is 4.79 Å². The van der Waals surface area contributed by atoms with Crippen LogP contribution >= 0.6 is 15.9 Å². The van der Waals surface area contributed by atoms with Gasteiger partial charge in [0.05, 0.1) is 19.4 Å². The third-order valence-corrected chi connectivity index (χ3v) is 3.81. The Bertz CT molecular complexity index is 528. The number of methoxy groups -OCH3 is 1. The van der Waals surface area contributed by atoms with Gasteiger partial charge in [-0.1, -0.05) is 0 Å². The SMILES string of the molecule is CCOC(=O)/C=C1\CCCN1c1ccc(OC)cc1Br. The van der Waals surface area contributed by atoms with Crippen LogP contribution in [0.5, 0.6) is 5.75 Å². The van der Waals surface area contributed by atoms with Crippen molar-refractivity contribution in [3.63, 3.8) is 0 Å². The summed E-state index contributed by atoms with van der Waals surface area (Å²) in [5.74, 6) is 0.523. The standard InChI is InChI=1S/C15H18BrNO3/c1-3-20-15(18)9-11-5-4-8-17(11)14-7-6-12(19-2)10-13(14)16/h6-7,9-10H,3-5,8H2,1-2H3/b11-9+. The van der Waals surface area contributed by atoms with Gasteiger partial charge in [-0.05, 0) is 53.9 Å². The molecule has 5 heteroatoms. The lowest BCUT2D eigenvalue weighted by Crippen LogP contribution is -2.18. The van der Waals surface area contributed by atoms with Gasteiger partial charge in [-0.3, -0.25) is 0 Å². The molecule has 1 aromatic carbocycles. The number of nitrogens with zero attached hydrogens (tertiary/aromatic N) is 1. The molecule has 0 spiro atoms. The Morgan fingerprint density at radius 2 is 2.30 bits per heavy atom. The molecule has 0 saturated carbocycles. The van der Waals surface area contributed by atoms with E-state index in [-0.39, 0.29) is 5.97 Å². The number of carbonyl (C=O) groups is 1. The van der Waals surface area contributed by atoms with Crippen molar-refractivity contribution in [3.8, 4) is 5.75 Å². The van der Waals surface area contributed by atoms with E-state index in [0.29, 0.717) is 6.61 Å². The molecule has 2 rings (SSSR count). The molecule has 1 aliphatic rings. The molecule has 0 N–H and O–H groups in total. The summed E-state index contributed by atoms with van der Waals surface area (Å²) >= 11 is 3.56. The van der Waals surface area contributed by atoms with Gasteiger partial charge in [0.15, 0.2) is 0 Å². The molecule has 4 nitrogen and oxygen atoms in total. The highest BCUT2D eigenvalue weighted by atomic mass is 79.9. The summed E-state index contributed by atoms with van der Waals surface area (Å²) < 4.78 is 11.1. The lowest BCUT2D eigenvalue weighted by Gasteiger charge is -2.22. The highest BCUT2D eigenvalue weighted by molar-refractivity contribution is 9.10. The lowest BCUT2D eigenvalue weighted by atomic mass is 10.2. The zero-order valence-electron chi connectivity index (χ0n) is 11.7. The Morgan fingerprint density at radius 1 is 1.50 bits per heavy atom. The Balaban J connectivity index is 2.25. The fourth-order valence-corrected chi connectivity index (χ4v) is 2.85. The van der Waals surface area contributed by atoms with Crippen molar-refractivity contribution >= 4 is 27.6 Å². The largest absolute Gasteiger partial charge is 0.497 e. The molecular formula is C15H18BrNO3. The van der Waals surface area contributed by atoms with E-state index in [1.165, 1.54) is 0 Å². The van der Waals surface area contributed by atoms with E-state index in [0.717, 1.165) is 41.0 Å². The average molecular weight is 340 g/mol. The first-order valence-electron chi connectivity index (χ1n) is 6.64. The smallest absolute Gasteiger partial charge is 0.332 e. The second-order valence-corrected chi connectivity index (χ2v) is 5.31. The maximum atomic E-state index is 11.6. The van der Waals surface area contributed by atoms with Crippen molar-refractivity contribution in [2.75, 3.05) is 25.2 Å². The maximum absolute atomic E-state index is 11.6. The molecule has 0 atom stereocenters. The lowest BCUT2D eigenvalue weighted by molar-refractivity contribution is -0.137. The summed E-state index contributed by atoms with van der Waals surface area (Å²) in [6.45, 7) is 3.11. The van der Waals surface area contributed by atoms with Crippen molar-refractivity contribution < 1.29 is 14.3 Å². The van der Waals surface area contributed by atoms with Gasteiger partial charge in [-0.25, -0.2) is 4.79 Å². The molecular weight excluding hydrogens is 322 g/mol. The molecule has 0 aliphatic carbocycles. The molecule has 1 aliphatic heterocycles. The van der Waals surface area contributed by atoms with E-state index in [4.69, 9.17) is 9.47 Å². The van der Waals surface area contributed by atoms with Crippen molar-refractivity contribution in [1.82, 2.24) is 0 Å². The summed E-state index contributed by atoms with van der Waals surface area (Å²) in [6.07, 6.45) is 3.51. The number of benzene rings is 1. The van der Waals surface area contributed by atoms with Gasteiger partial charge in [0.2, 0.25) is 0 Å². The Morgan fingerprint density at radius 3 is 2.95 bits per heavy atom. The van der Waals surface area contributed by atoms with Gasteiger partial charge in [-0.2, -0.15) is 0 Å². The molecule has 1 aromatic rings. The number of halogens is 1. The van der Waals surface area contributed by atoms with Crippen LogP contribution < -0.4 is 9.64 Å². The average Bonchev–Trinajstić information content (AvgIpc) is 2.86. The zero-order valence-corrected chi connectivity index (χ0v) is 13.3. The van der Waals surface area contributed by atoms with Crippen LogP contribution in [0.4, 0.5) is 5.69 Å². The number of carbonyl (C=O) groups excluding carboxylic acids is 1. The van der Waals surface area contributed by atoms with Gasteiger partial charge in [0.1, 0.15) is 5.75 Å². The number of rotatable bonds is 4. The molecule has 20 heavy (non-hydrogen) atoms. The molecule has 1 saturated heterocycles. The van der Waals surface area contributed by atoms with Gasteiger partial charge >= 0.3 is 5.97 Å². The predicted octanol–water partition coefficient (Wildman–Crippen LogP) is 3.50. The highest BCUT2D eigenvalue weighted by Crippen LogP contribution is 2.36. The molecule has 0 bridgehead atoms. The van der Waals surface area contributed by atoms with Crippen LogP contribution in [0.15, 0.2) is 34.4 Å². The summed E-state index contributed by atoms with van der Waals surface area (Å²) in [5.41, 5.74) is 2.04. The fraction of sp³-hybridized carbons (Fsp3) is 0.400. The number of anilines is 1. The number of esters is 1. The molecule has 1 fully saturated rings. The molecule has 1 heterocycles. The van der Waals surface area contributed by atoms with Gasteiger partial charge < -0.3 is 14.4 Å². The zero-order chi connectivity index (χ0) is 14.5. The minimum Gasteiger partial charge on any atom is -0.497 e. The summed E-state index contributed by atoms with van der Waals surface area (Å²) in [4.78, 5) is 13.7. The van der Waals surface area contributed by atoms with Crippen molar-refractivity contribution in [2.45, 2.75) is 19.8 Å². The Hall–Kier alpha value is -1.49.